The lowest BCUT2D eigenvalue weighted by Gasteiger charge is -2.32. The summed E-state index contributed by atoms with van der Waals surface area (Å²) in [5.74, 6) is 0.553. The highest BCUT2D eigenvalue weighted by Gasteiger charge is 2.52. The molecule has 1 saturated heterocycles. The molecule has 0 spiro atoms. The second-order valence-corrected chi connectivity index (χ2v) is 6.82. The van der Waals surface area contributed by atoms with Crippen LogP contribution in [0.15, 0.2) is 24.1 Å². The number of hydrogen-bond acceptors (Lipinski definition) is 5. The maximum Gasteiger partial charge on any atom is 0.491 e. The van der Waals surface area contributed by atoms with E-state index in [0.717, 1.165) is 16.6 Å². The van der Waals surface area contributed by atoms with Crippen molar-refractivity contribution in [1.82, 2.24) is 15.0 Å². The second-order valence-electron chi connectivity index (χ2n) is 6.51. The SMILES string of the molecule is CC1(C)OB(C(=Cc2cnc3nc[nH]c3c2)CS)OC1(C)C. The van der Waals surface area contributed by atoms with Crippen molar-refractivity contribution in [2.24, 2.45) is 0 Å². The van der Waals surface area contributed by atoms with Crippen molar-refractivity contribution in [2.75, 3.05) is 5.75 Å². The molecule has 2 aromatic heterocycles. The van der Waals surface area contributed by atoms with Gasteiger partial charge in [0.05, 0.1) is 23.0 Å². The van der Waals surface area contributed by atoms with E-state index in [1.54, 1.807) is 12.5 Å². The number of pyridine rings is 1. The zero-order chi connectivity index (χ0) is 16.0. The molecule has 0 atom stereocenters. The number of imidazole rings is 1. The van der Waals surface area contributed by atoms with Crippen LogP contribution in [0.1, 0.15) is 33.3 Å². The largest absolute Gasteiger partial charge is 0.491 e. The lowest BCUT2D eigenvalue weighted by atomic mass is 9.78. The zero-order valence-electron chi connectivity index (χ0n) is 13.3. The van der Waals surface area contributed by atoms with Gasteiger partial charge < -0.3 is 14.3 Å². The summed E-state index contributed by atoms with van der Waals surface area (Å²) in [5.41, 5.74) is 2.84. The molecular weight excluding hydrogens is 297 g/mol. The number of hydrogen-bond donors (Lipinski definition) is 2. The molecule has 2 aromatic rings. The van der Waals surface area contributed by atoms with Crippen LogP contribution in [0, 0.1) is 0 Å². The van der Waals surface area contributed by atoms with Gasteiger partial charge in [0.25, 0.3) is 0 Å². The fourth-order valence-electron chi connectivity index (χ4n) is 2.32. The minimum absolute atomic E-state index is 0.356. The monoisotopic (exact) mass is 317 g/mol. The first-order valence-corrected chi connectivity index (χ1v) is 7.92. The average molecular weight is 317 g/mol. The number of H-pyrrole nitrogens is 1. The molecule has 7 heteroatoms. The normalized spacial score (nSPS) is 20.8. The van der Waals surface area contributed by atoms with Crippen LogP contribution in [0.3, 0.4) is 0 Å². The van der Waals surface area contributed by atoms with E-state index in [-0.39, 0.29) is 18.3 Å². The van der Waals surface area contributed by atoms with E-state index in [1.807, 2.05) is 39.8 Å². The Morgan fingerprint density at radius 1 is 1.27 bits per heavy atom. The first-order chi connectivity index (χ1) is 10.3. The Labute approximate surface area is 136 Å². The maximum atomic E-state index is 6.08. The van der Waals surface area contributed by atoms with E-state index in [4.69, 9.17) is 9.31 Å². The van der Waals surface area contributed by atoms with Crippen molar-refractivity contribution >= 4 is 37.0 Å². The molecule has 116 valence electrons. The van der Waals surface area contributed by atoms with Crippen LogP contribution in [-0.4, -0.2) is 39.0 Å². The molecule has 0 unspecified atom stereocenters. The first-order valence-electron chi connectivity index (χ1n) is 7.28. The average Bonchev–Trinajstić information content (AvgIpc) is 2.98. The Hall–Kier alpha value is -1.31. The third-order valence-electron chi connectivity index (χ3n) is 4.39. The van der Waals surface area contributed by atoms with Gasteiger partial charge in [-0.3, -0.25) is 0 Å². The summed E-state index contributed by atoms with van der Waals surface area (Å²) >= 11 is 4.43. The van der Waals surface area contributed by atoms with Crippen LogP contribution < -0.4 is 0 Å². The smallest absolute Gasteiger partial charge is 0.400 e. The van der Waals surface area contributed by atoms with Crippen molar-refractivity contribution in [3.05, 3.63) is 29.6 Å². The van der Waals surface area contributed by atoms with Gasteiger partial charge in [-0.05, 0) is 44.8 Å². The van der Waals surface area contributed by atoms with E-state index in [9.17, 15) is 0 Å². The minimum Gasteiger partial charge on any atom is -0.400 e. The Morgan fingerprint density at radius 2 is 1.95 bits per heavy atom. The van der Waals surface area contributed by atoms with E-state index in [1.165, 1.54) is 0 Å². The molecule has 0 bridgehead atoms. The minimum atomic E-state index is -0.389. The van der Waals surface area contributed by atoms with E-state index < -0.39 is 0 Å². The van der Waals surface area contributed by atoms with Gasteiger partial charge in [0.2, 0.25) is 0 Å². The summed E-state index contributed by atoms with van der Waals surface area (Å²) in [5, 5.41) is 0. The van der Waals surface area contributed by atoms with Crippen molar-refractivity contribution in [3.63, 3.8) is 0 Å². The molecule has 3 rings (SSSR count). The topological polar surface area (TPSA) is 60.0 Å². The van der Waals surface area contributed by atoms with E-state index in [2.05, 4.69) is 27.6 Å². The van der Waals surface area contributed by atoms with Gasteiger partial charge in [0, 0.05) is 11.9 Å². The lowest BCUT2D eigenvalue weighted by Crippen LogP contribution is -2.41. The standard InChI is InChI=1S/C15H20BN3O2S/c1-14(2)15(3,4)21-16(20-14)11(8-22)5-10-6-12-13(17-7-10)19-9-18-12/h5-7,9,22H,8H2,1-4H3,(H,17,18,19). The number of aromatic amines is 1. The molecular formula is C15H20BN3O2S. The van der Waals surface area contributed by atoms with Crippen molar-refractivity contribution < 1.29 is 9.31 Å². The van der Waals surface area contributed by atoms with Gasteiger partial charge in [-0.1, -0.05) is 6.08 Å². The van der Waals surface area contributed by atoms with Gasteiger partial charge in [0.1, 0.15) is 0 Å². The number of nitrogens with one attached hydrogen (secondary N) is 1. The fraction of sp³-hybridized carbons (Fsp3) is 0.467. The molecule has 3 heterocycles. The molecule has 1 aliphatic heterocycles. The van der Waals surface area contributed by atoms with Gasteiger partial charge in [0.15, 0.2) is 5.65 Å². The van der Waals surface area contributed by atoms with Gasteiger partial charge >= 0.3 is 7.12 Å². The number of fused-ring (bicyclic) bond motifs is 1. The predicted octanol–water partition coefficient (Wildman–Crippen LogP) is 2.90. The first kappa shape index (κ1) is 15.6. The summed E-state index contributed by atoms with van der Waals surface area (Å²) in [6.07, 6.45) is 5.44. The van der Waals surface area contributed by atoms with Gasteiger partial charge in [-0.2, -0.15) is 12.6 Å². The molecule has 1 N–H and O–H groups in total. The van der Waals surface area contributed by atoms with Crippen LogP contribution >= 0.6 is 12.6 Å². The summed E-state index contributed by atoms with van der Waals surface area (Å²) in [6, 6.07) is 2.00. The van der Waals surface area contributed by atoms with Gasteiger partial charge in [-0.25, -0.2) is 9.97 Å². The summed E-state index contributed by atoms with van der Waals surface area (Å²) in [7, 11) is -0.389. The molecule has 0 amide bonds. The maximum absolute atomic E-state index is 6.08. The van der Waals surface area contributed by atoms with Crippen LogP contribution in [0.25, 0.3) is 17.2 Å². The summed E-state index contributed by atoms with van der Waals surface area (Å²) in [6.45, 7) is 8.17. The number of thiol groups is 1. The van der Waals surface area contributed by atoms with E-state index >= 15 is 0 Å². The Balaban J connectivity index is 1.90. The molecule has 0 saturated carbocycles. The quantitative estimate of drug-likeness (QED) is 0.675. The Kier molecular flexibility index (Phi) is 3.83. The Bertz CT molecular complexity index is 710. The van der Waals surface area contributed by atoms with Crippen LogP contribution in [0.5, 0.6) is 0 Å². The number of nitrogens with zero attached hydrogens (tertiary/aromatic N) is 2. The lowest BCUT2D eigenvalue weighted by molar-refractivity contribution is 0.00578. The molecule has 1 fully saturated rings. The zero-order valence-corrected chi connectivity index (χ0v) is 14.1. The number of rotatable bonds is 3. The molecule has 0 aliphatic carbocycles. The fourth-order valence-corrected chi connectivity index (χ4v) is 2.56. The molecule has 0 aromatic carbocycles. The van der Waals surface area contributed by atoms with Crippen LogP contribution in [0.2, 0.25) is 0 Å². The van der Waals surface area contributed by atoms with Crippen LogP contribution in [0.4, 0.5) is 0 Å². The molecule has 1 aliphatic rings. The highest BCUT2D eigenvalue weighted by atomic mass is 32.1. The molecule has 22 heavy (non-hydrogen) atoms. The Morgan fingerprint density at radius 3 is 2.59 bits per heavy atom. The highest BCUT2D eigenvalue weighted by molar-refractivity contribution is 7.80. The van der Waals surface area contributed by atoms with Gasteiger partial charge in [-0.15, -0.1) is 0 Å². The van der Waals surface area contributed by atoms with E-state index in [0.29, 0.717) is 11.4 Å². The second kappa shape index (κ2) is 5.40. The summed E-state index contributed by atoms with van der Waals surface area (Å²) in [4.78, 5) is 11.5. The predicted molar refractivity (Wildman–Crippen MR) is 91.8 cm³/mol. The third kappa shape index (κ3) is 2.68. The molecule has 0 radical (unpaired) electrons. The summed E-state index contributed by atoms with van der Waals surface area (Å²) < 4.78 is 12.2. The highest BCUT2D eigenvalue weighted by Crippen LogP contribution is 2.39. The van der Waals surface area contributed by atoms with Crippen molar-refractivity contribution in [2.45, 2.75) is 38.9 Å². The van der Waals surface area contributed by atoms with Crippen molar-refractivity contribution in [1.29, 1.82) is 0 Å². The number of aromatic nitrogens is 3. The molecule has 5 nitrogen and oxygen atoms in total. The van der Waals surface area contributed by atoms with Crippen molar-refractivity contribution in [3.8, 4) is 0 Å². The van der Waals surface area contributed by atoms with Crippen LogP contribution in [-0.2, 0) is 9.31 Å². The third-order valence-corrected chi connectivity index (χ3v) is 4.75.